The summed E-state index contributed by atoms with van der Waals surface area (Å²) in [6, 6.07) is 19.0. The number of piperazine rings is 1. The molecule has 0 unspecified atom stereocenters. The van der Waals surface area contributed by atoms with Crippen LogP contribution in [0.2, 0.25) is 5.02 Å². The molecule has 0 saturated carbocycles. The van der Waals surface area contributed by atoms with E-state index in [0.29, 0.717) is 46.7 Å². The van der Waals surface area contributed by atoms with Gasteiger partial charge in [0.15, 0.2) is 0 Å². The number of piperidine rings is 3. The van der Waals surface area contributed by atoms with Gasteiger partial charge in [-0.25, -0.2) is 0 Å². The maximum atomic E-state index is 13.4. The van der Waals surface area contributed by atoms with Crippen LogP contribution in [0, 0.1) is 17.2 Å². The number of methoxy groups -OCH3 is 1. The molecule has 296 valence electrons. The number of amides is 3. The van der Waals surface area contributed by atoms with Gasteiger partial charge < -0.3 is 29.3 Å². The molecule has 0 radical (unpaired) electrons. The molecule has 4 aromatic rings. The predicted octanol–water partition coefficient (Wildman–Crippen LogP) is 5.89. The summed E-state index contributed by atoms with van der Waals surface area (Å²) >= 11 is 6.46. The van der Waals surface area contributed by atoms with Crippen LogP contribution < -0.4 is 24.8 Å². The molecule has 57 heavy (non-hydrogen) atoms. The number of aromatic nitrogens is 1. The average molecular weight is 789 g/mol. The highest BCUT2D eigenvalue weighted by atomic mass is 35.5. The Morgan fingerprint density at radius 2 is 1.56 bits per heavy atom. The third-order valence-electron chi connectivity index (χ3n) is 13.1. The van der Waals surface area contributed by atoms with Gasteiger partial charge in [0.25, 0.3) is 5.91 Å². The molecular weight excluding hydrogens is 740 g/mol. The van der Waals surface area contributed by atoms with Gasteiger partial charge in [-0.05, 0) is 85.4 Å². The Morgan fingerprint density at radius 1 is 0.842 bits per heavy atom. The summed E-state index contributed by atoms with van der Waals surface area (Å²) in [4.78, 5) is 52.5. The fourth-order valence-electron chi connectivity index (χ4n) is 9.88. The largest absolute Gasteiger partial charge is 0.496 e. The van der Waals surface area contributed by atoms with E-state index in [0.717, 1.165) is 99.6 Å². The second-order valence-electron chi connectivity index (χ2n) is 16.3. The van der Waals surface area contributed by atoms with E-state index in [1.165, 1.54) is 24.1 Å². The summed E-state index contributed by atoms with van der Waals surface area (Å²) < 4.78 is 5.71. The van der Waals surface area contributed by atoms with Gasteiger partial charge in [0.1, 0.15) is 17.9 Å². The summed E-state index contributed by atoms with van der Waals surface area (Å²) in [5, 5.41) is 13.3. The first kappa shape index (κ1) is 37.3. The van der Waals surface area contributed by atoms with E-state index >= 15 is 0 Å². The lowest BCUT2D eigenvalue weighted by molar-refractivity contribution is -0.136. The molecule has 4 saturated heterocycles. The molecule has 0 aliphatic carbocycles. The smallest absolute Gasteiger partial charge is 0.258 e. The molecule has 13 heteroatoms. The van der Waals surface area contributed by atoms with Crippen LogP contribution in [-0.2, 0) is 16.1 Å². The lowest BCUT2D eigenvalue weighted by Gasteiger charge is -2.40. The van der Waals surface area contributed by atoms with Crippen LogP contribution >= 0.6 is 11.6 Å². The SMILES string of the molecule is COc1cc(N2CCN(CC3CCN(c4ccc(C5CCN(c6ccc(Cl)c7c(C#N)c[nH]c67)CC5)cc4)CC3)CC2)cc2c1C(=O)N([C@H]1CCC(=O)NC1=O)C2. The molecule has 1 atom stereocenters. The summed E-state index contributed by atoms with van der Waals surface area (Å²) in [7, 11) is 1.59. The van der Waals surface area contributed by atoms with Crippen molar-refractivity contribution in [2.45, 2.75) is 57.0 Å². The molecule has 0 bridgehead atoms. The van der Waals surface area contributed by atoms with Gasteiger partial charge in [0, 0.05) is 101 Å². The predicted molar refractivity (Wildman–Crippen MR) is 221 cm³/mol. The third kappa shape index (κ3) is 7.16. The van der Waals surface area contributed by atoms with Crippen molar-refractivity contribution in [2.24, 2.45) is 5.92 Å². The Bertz CT molecular complexity index is 2230. The first-order valence-electron chi connectivity index (χ1n) is 20.4. The van der Waals surface area contributed by atoms with E-state index < -0.39 is 11.9 Å². The van der Waals surface area contributed by atoms with Gasteiger partial charge in [-0.2, -0.15) is 5.26 Å². The number of ether oxygens (including phenoxy) is 1. The number of carbonyl (C=O) groups excluding carboxylic acids is 3. The lowest BCUT2D eigenvalue weighted by Crippen LogP contribution is -2.52. The standard InChI is InChI=1S/C44H49ClN8O4/c1-57-38-23-34(22-31-27-53(44(56)41(31)38)37-8-9-39(54)48-43(37)55)51-20-18-49(19-21-51)26-28-10-14-50(15-11-28)33-4-2-29(3-5-33)30-12-16-52(17-13-30)36-7-6-35(45)40-32(24-46)25-47-42(36)40/h2-7,22-23,25,28,30,37,47H,8-21,26-27H2,1H3,(H,48,54,55)/t37-/m0/s1. The molecule has 6 heterocycles. The van der Waals surface area contributed by atoms with Crippen molar-refractivity contribution in [2.75, 3.05) is 80.7 Å². The zero-order valence-corrected chi connectivity index (χ0v) is 33.2. The lowest BCUT2D eigenvalue weighted by atomic mass is 9.89. The number of benzene rings is 3. The molecule has 5 aliphatic rings. The number of aromatic amines is 1. The van der Waals surface area contributed by atoms with E-state index in [4.69, 9.17) is 16.3 Å². The van der Waals surface area contributed by atoms with Crippen LogP contribution in [-0.4, -0.2) is 105 Å². The number of halogens is 1. The normalized spacial score (nSPS) is 21.3. The number of rotatable bonds is 8. The number of hydrogen-bond acceptors (Lipinski definition) is 9. The number of nitrogens with one attached hydrogen (secondary N) is 2. The maximum absolute atomic E-state index is 13.4. The Labute approximate surface area is 338 Å². The average Bonchev–Trinajstić information content (AvgIpc) is 3.83. The Hall–Kier alpha value is -5.25. The summed E-state index contributed by atoms with van der Waals surface area (Å²) in [5.74, 6) is 0.850. The monoisotopic (exact) mass is 788 g/mol. The number of nitrogens with zero attached hydrogens (tertiary/aromatic N) is 6. The van der Waals surface area contributed by atoms with Crippen molar-refractivity contribution in [1.82, 2.24) is 20.1 Å². The van der Waals surface area contributed by atoms with Crippen LogP contribution in [0.15, 0.2) is 54.7 Å². The summed E-state index contributed by atoms with van der Waals surface area (Å²) in [6.07, 6.45) is 6.88. The van der Waals surface area contributed by atoms with Gasteiger partial charge in [0.05, 0.1) is 34.5 Å². The molecule has 12 nitrogen and oxygen atoms in total. The van der Waals surface area contributed by atoms with E-state index in [2.05, 4.69) is 72.4 Å². The molecule has 9 rings (SSSR count). The Kier molecular flexibility index (Phi) is 10.2. The third-order valence-corrected chi connectivity index (χ3v) is 13.4. The van der Waals surface area contributed by atoms with Crippen molar-refractivity contribution in [1.29, 1.82) is 5.26 Å². The minimum Gasteiger partial charge on any atom is -0.496 e. The Balaban J connectivity index is 0.740. The number of anilines is 3. The zero-order chi connectivity index (χ0) is 39.2. The molecule has 3 amide bonds. The van der Waals surface area contributed by atoms with E-state index in [9.17, 15) is 19.6 Å². The fourth-order valence-corrected chi connectivity index (χ4v) is 10.1. The number of hydrogen-bond donors (Lipinski definition) is 2. The van der Waals surface area contributed by atoms with Crippen molar-refractivity contribution in [3.8, 4) is 11.8 Å². The van der Waals surface area contributed by atoms with E-state index in [-0.39, 0.29) is 18.2 Å². The summed E-state index contributed by atoms with van der Waals surface area (Å²) in [6.45, 7) is 9.31. The minimum atomic E-state index is -0.646. The highest BCUT2D eigenvalue weighted by Crippen LogP contribution is 2.39. The topological polar surface area (TPSA) is 128 Å². The number of fused-ring (bicyclic) bond motifs is 2. The number of imide groups is 1. The van der Waals surface area contributed by atoms with Crippen LogP contribution in [0.4, 0.5) is 17.1 Å². The maximum Gasteiger partial charge on any atom is 0.258 e. The van der Waals surface area contributed by atoms with Gasteiger partial charge >= 0.3 is 0 Å². The molecule has 1 aromatic heterocycles. The quantitative estimate of drug-likeness (QED) is 0.210. The fraction of sp³-hybridized carbons (Fsp3) is 0.455. The highest BCUT2D eigenvalue weighted by molar-refractivity contribution is 6.36. The first-order valence-corrected chi connectivity index (χ1v) is 20.8. The van der Waals surface area contributed by atoms with E-state index in [1.807, 2.05) is 12.1 Å². The van der Waals surface area contributed by atoms with Crippen molar-refractivity contribution in [3.63, 3.8) is 0 Å². The summed E-state index contributed by atoms with van der Waals surface area (Å²) in [5.41, 5.74) is 7.83. The molecule has 0 spiro atoms. The molecular formula is C44H49ClN8O4. The van der Waals surface area contributed by atoms with Crippen molar-refractivity contribution >= 4 is 57.3 Å². The highest BCUT2D eigenvalue weighted by Gasteiger charge is 2.41. The van der Waals surface area contributed by atoms with Gasteiger partial charge in [-0.1, -0.05) is 23.7 Å². The minimum absolute atomic E-state index is 0.213. The zero-order valence-electron chi connectivity index (χ0n) is 32.4. The van der Waals surface area contributed by atoms with Crippen LogP contribution in [0.3, 0.4) is 0 Å². The number of H-pyrrole nitrogens is 1. The van der Waals surface area contributed by atoms with Crippen LogP contribution in [0.5, 0.6) is 5.75 Å². The Morgan fingerprint density at radius 3 is 2.26 bits per heavy atom. The molecule has 5 aliphatic heterocycles. The van der Waals surface area contributed by atoms with E-state index in [1.54, 1.807) is 18.2 Å². The number of carbonyl (C=O) groups is 3. The molecule has 2 N–H and O–H groups in total. The van der Waals surface area contributed by atoms with Crippen LogP contribution in [0.1, 0.15) is 71.5 Å². The molecule has 4 fully saturated rings. The van der Waals surface area contributed by atoms with Gasteiger partial charge in [0.2, 0.25) is 11.8 Å². The van der Waals surface area contributed by atoms with Crippen molar-refractivity contribution < 1.29 is 19.1 Å². The van der Waals surface area contributed by atoms with Gasteiger partial charge in [-0.3, -0.25) is 24.6 Å². The second kappa shape index (κ2) is 15.6. The molecule has 3 aromatic carbocycles. The number of nitriles is 1. The second-order valence-corrected chi connectivity index (χ2v) is 16.7. The van der Waals surface area contributed by atoms with Gasteiger partial charge in [-0.15, -0.1) is 0 Å². The van der Waals surface area contributed by atoms with Crippen molar-refractivity contribution in [3.05, 3.63) is 82.0 Å². The first-order chi connectivity index (χ1) is 27.8. The van der Waals surface area contributed by atoms with Crippen LogP contribution in [0.25, 0.3) is 10.9 Å².